The van der Waals surface area contributed by atoms with Crippen LogP contribution in [0.5, 0.6) is 0 Å². The molecule has 2 heteroatoms. The van der Waals surface area contributed by atoms with E-state index in [1.807, 2.05) is 0 Å². The normalized spacial score (nSPS) is 18.1. The lowest BCUT2D eigenvalue weighted by molar-refractivity contribution is 0.639. The van der Waals surface area contributed by atoms with Crippen molar-refractivity contribution in [1.29, 1.82) is 0 Å². The molecule has 0 amide bonds. The SMILES string of the molecule is FC1=CNCC=[C]1. The lowest BCUT2D eigenvalue weighted by Gasteiger charge is -1.97. The van der Waals surface area contributed by atoms with E-state index in [0.717, 1.165) is 0 Å². The Kier molecular flexibility index (Phi) is 1.11. The van der Waals surface area contributed by atoms with Crippen LogP contribution in [0.4, 0.5) is 4.39 Å². The van der Waals surface area contributed by atoms with Crippen molar-refractivity contribution in [3.8, 4) is 0 Å². The molecule has 7 heavy (non-hydrogen) atoms. The Morgan fingerprint density at radius 1 is 1.86 bits per heavy atom. The van der Waals surface area contributed by atoms with E-state index in [1.165, 1.54) is 6.20 Å². The van der Waals surface area contributed by atoms with Gasteiger partial charge in [0.25, 0.3) is 0 Å². The molecule has 1 nitrogen and oxygen atoms in total. The Morgan fingerprint density at radius 2 is 2.71 bits per heavy atom. The molecule has 0 spiro atoms. The highest BCUT2D eigenvalue weighted by Gasteiger charge is 1.89. The predicted molar refractivity (Wildman–Crippen MR) is 25.0 cm³/mol. The van der Waals surface area contributed by atoms with Crippen molar-refractivity contribution in [2.45, 2.75) is 0 Å². The van der Waals surface area contributed by atoms with E-state index in [4.69, 9.17) is 0 Å². The van der Waals surface area contributed by atoms with Gasteiger partial charge in [0.05, 0.1) is 0 Å². The zero-order valence-corrected chi connectivity index (χ0v) is 3.74. The summed E-state index contributed by atoms with van der Waals surface area (Å²) in [5.74, 6) is -0.328. The van der Waals surface area contributed by atoms with Crippen LogP contribution in [0.25, 0.3) is 0 Å². The fraction of sp³-hybridized carbons (Fsp3) is 0.200. The predicted octanol–water partition coefficient (Wildman–Crippen LogP) is 0.760. The van der Waals surface area contributed by atoms with Gasteiger partial charge in [-0.15, -0.1) is 0 Å². The van der Waals surface area contributed by atoms with E-state index in [-0.39, 0.29) is 5.83 Å². The van der Waals surface area contributed by atoms with E-state index in [0.29, 0.717) is 6.54 Å². The standard InChI is InChI=1S/C5H5FN/c6-5-2-1-3-7-4-5/h1,4,7H,3H2. The fourth-order valence-electron chi connectivity index (χ4n) is 0.398. The first-order valence-electron chi connectivity index (χ1n) is 2.07. The van der Waals surface area contributed by atoms with Crippen LogP contribution < -0.4 is 5.32 Å². The van der Waals surface area contributed by atoms with Gasteiger partial charge in [0, 0.05) is 18.8 Å². The molecule has 0 unspecified atom stereocenters. The lowest BCUT2D eigenvalue weighted by atomic mass is 10.4. The van der Waals surface area contributed by atoms with E-state index in [1.54, 1.807) is 6.08 Å². The summed E-state index contributed by atoms with van der Waals surface area (Å²) in [6.45, 7) is 0.688. The van der Waals surface area contributed by atoms with Gasteiger partial charge in [-0.1, -0.05) is 6.08 Å². The van der Waals surface area contributed by atoms with Crippen LogP contribution in [-0.2, 0) is 0 Å². The summed E-state index contributed by atoms with van der Waals surface area (Å²) in [5, 5.41) is 2.68. The number of hydrogen-bond acceptors (Lipinski definition) is 1. The van der Waals surface area contributed by atoms with Gasteiger partial charge < -0.3 is 5.32 Å². The van der Waals surface area contributed by atoms with Gasteiger partial charge in [0.2, 0.25) is 0 Å². The number of nitrogens with one attached hydrogen (secondary N) is 1. The Balaban J connectivity index is 2.58. The molecule has 1 rings (SSSR count). The number of rotatable bonds is 0. The molecule has 0 saturated heterocycles. The summed E-state index contributed by atoms with van der Waals surface area (Å²) in [6, 6.07) is 0. The largest absolute Gasteiger partial charge is 0.385 e. The van der Waals surface area contributed by atoms with Crippen molar-refractivity contribution in [2.24, 2.45) is 0 Å². The summed E-state index contributed by atoms with van der Waals surface area (Å²) in [7, 11) is 0. The zero-order chi connectivity index (χ0) is 5.11. The highest BCUT2D eigenvalue weighted by Crippen LogP contribution is 1.96. The maximum atomic E-state index is 11.8. The zero-order valence-electron chi connectivity index (χ0n) is 3.74. The van der Waals surface area contributed by atoms with Crippen LogP contribution >= 0.6 is 0 Å². The van der Waals surface area contributed by atoms with Crippen molar-refractivity contribution in [3.05, 3.63) is 24.2 Å². The molecule has 1 radical (unpaired) electrons. The van der Waals surface area contributed by atoms with Crippen LogP contribution in [0.1, 0.15) is 0 Å². The van der Waals surface area contributed by atoms with E-state index in [2.05, 4.69) is 11.4 Å². The molecular weight excluding hydrogens is 93.1 g/mol. The second kappa shape index (κ2) is 1.78. The Labute approximate surface area is 41.5 Å². The van der Waals surface area contributed by atoms with E-state index < -0.39 is 0 Å². The second-order valence-corrected chi connectivity index (χ2v) is 1.25. The molecule has 0 atom stereocenters. The van der Waals surface area contributed by atoms with Crippen molar-refractivity contribution in [3.63, 3.8) is 0 Å². The topological polar surface area (TPSA) is 12.0 Å². The average molecular weight is 98.1 g/mol. The summed E-state index contributed by atoms with van der Waals surface area (Å²) in [5.41, 5.74) is 0. The van der Waals surface area contributed by atoms with E-state index in [9.17, 15) is 4.39 Å². The Hall–Kier alpha value is -0.790. The van der Waals surface area contributed by atoms with E-state index >= 15 is 0 Å². The molecule has 37 valence electrons. The maximum Gasteiger partial charge on any atom is 0.146 e. The number of halogens is 1. The van der Waals surface area contributed by atoms with Crippen LogP contribution in [-0.4, -0.2) is 6.54 Å². The van der Waals surface area contributed by atoms with Gasteiger partial charge in [-0.05, 0) is 0 Å². The van der Waals surface area contributed by atoms with Gasteiger partial charge in [-0.2, -0.15) is 0 Å². The molecule has 1 aliphatic rings. The lowest BCUT2D eigenvalue weighted by Crippen LogP contribution is -2.07. The fourth-order valence-corrected chi connectivity index (χ4v) is 0.398. The number of hydrogen-bond donors (Lipinski definition) is 1. The number of allylic oxidation sites excluding steroid dienone is 2. The minimum Gasteiger partial charge on any atom is -0.385 e. The minimum atomic E-state index is -0.328. The summed E-state index contributed by atoms with van der Waals surface area (Å²) >= 11 is 0. The van der Waals surface area contributed by atoms with Crippen molar-refractivity contribution in [2.75, 3.05) is 6.54 Å². The van der Waals surface area contributed by atoms with Crippen LogP contribution in [0, 0.1) is 6.08 Å². The van der Waals surface area contributed by atoms with Crippen LogP contribution in [0.15, 0.2) is 18.1 Å². The first-order valence-corrected chi connectivity index (χ1v) is 2.07. The Morgan fingerprint density at radius 3 is 3.00 bits per heavy atom. The third kappa shape index (κ3) is 1.03. The summed E-state index contributed by atoms with van der Waals surface area (Å²) in [6.07, 6.45) is 5.29. The molecule has 0 bridgehead atoms. The van der Waals surface area contributed by atoms with Gasteiger partial charge in [0.1, 0.15) is 5.83 Å². The Bertz CT molecular complexity index is 115. The van der Waals surface area contributed by atoms with Crippen LogP contribution in [0.2, 0.25) is 0 Å². The molecule has 1 aliphatic heterocycles. The molecule has 0 aromatic carbocycles. The molecule has 0 aromatic rings. The molecule has 0 aromatic heterocycles. The van der Waals surface area contributed by atoms with Gasteiger partial charge >= 0.3 is 0 Å². The van der Waals surface area contributed by atoms with Gasteiger partial charge in [-0.25, -0.2) is 4.39 Å². The number of dihydropyridines is 1. The summed E-state index contributed by atoms with van der Waals surface area (Å²) in [4.78, 5) is 0. The summed E-state index contributed by atoms with van der Waals surface area (Å²) < 4.78 is 11.8. The second-order valence-electron chi connectivity index (χ2n) is 1.25. The van der Waals surface area contributed by atoms with Crippen LogP contribution in [0.3, 0.4) is 0 Å². The smallest absolute Gasteiger partial charge is 0.146 e. The van der Waals surface area contributed by atoms with Crippen molar-refractivity contribution in [1.82, 2.24) is 5.32 Å². The molecule has 1 heterocycles. The first kappa shape index (κ1) is 4.37. The third-order valence-corrected chi connectivity index (χ3v) is 0.689. The average Bonchev–Trinajstić information content (AvgIpc) is 1.69. The van der Waals surface area contributed by atoms with Gasteiger partial charge in [-0.3, -0.25) is 0 Å². The molecule has 0 fully saturated rings. The minimum absolute atomic E-state index is 0.328. The maximum absolute atomic E-state index is 11.8. The highest BCUT2D eigenvalue weighted by atomic mass is 19.1. The molecular formula is C5H5FN. The van der Waals surface area contributed by atoms with Crippen molar-refractivity contribution < 1.29 is 4.39 Å². The highest BCUT2D eigenvalue weighted by molar-refractivity contribution is 5.07. The molecule has 1 N–H and O–H groups in total. The monoisotopic (exact) mass is 98.0 g/mol. The quantitative estimate of drug-likeness (QED) is 0.471. The molecule has 0 saturated carbocycles. The van der Waals surface area contributed by atoms with Crippen molar-refractivity contribution >= 4 is 0 Å². The first-order chi connectivity index (χ1) is 3.39. The van der Waals surface area contributed by atoms with Gasteiger partial charge in [0.15, 0.2) is 0 Å². The molecule has 0 aliphatic carbocycles. The third-order valence-electron chi connectivity index (χ3n) is 0.689.